The summed E-state index contributed by atoms with van der Waals surface area (Å²) in [5, 5.41) is 0. The zero-order valence-electron chi connectivity index (χ0n) is 18.7. The minimum Gasteiger partial charge on any atom is -0.493 e. The van der Waals surface area contributed by atoms with Crippen LogP contribution in [-0.2, 0) is 26.2 Å². The molecule has 1 saturated heterocycles. The molecule has 2 aromatic rings. The molecule has 1 atom stereocenters. The summed E-state index contributed by atoms with van der Waals surface area (Å²) in [5.74, 6) is -1.01. The molecule has 0 aromatic heterocycles. The standard InChI is InChI=1S/C23H25F2NO7S/c1-15(27)17-7-9-18(10-8-17)34(29,30)26-12-4-3-5-19(26)22(28)32-14-16-6-11-20(33-23(24)25)21(13-16)31-2/h6-11,13,19,23H,3-5,12,14H2,1-2H3. The second-order valence-corrected chi connectivity index (χ2v) is 9.57. The van der Waals surface area contributed by atoms with Crippen LogP contribution in [0, 0.1) is 0 Å². The fourth-order valence-corrected chi connectivity index (χ4v) is 5.32. The van der Waals surface area contributed by atoms with Crippen LogP contribution in [0.25, 0.3) is 0 Å². The third kappa shape index (κ3) is 5.89. The van der Waals surface area contributed by atoms with Crippen molar-refractivity contribution < 1.29 is 41.0 Å². The van der Waals surface area contributed by atoms with Gasteiger partial charge in [0.25, 0.3) is 0 Å². The molecule has 34 heavy (non-hydrogen) atoms. The number of nitrogens with zero attached hydrogens (tertiary/aromatic N) is 1. The number of esters is 1. The molecule has 0 amide bonds. The molecule has 1 fully saturated rings. The van der Waals surface area contributed by atoms with Crippen LogP contribution in [0.15, 0.2) is 47.4 Å². The summed E-state index contributed by atoms with van der Waals surface area (Å²) in [6.07, 6.45) is 1.55. The molecule has 3 rings (SSSR count). The zero-order valence-corrected chi connectivity index (χ0v) is 19.5. The van der Waals surface area contributed by atoms with E-state index in [0.29, 0.717) is 30.4 Å². The summed E-state index contributed by atoms with van der Waals surface area (Å²) in [6.45, 7) is -1.68. The van der Waals surface area contributed by atoms with Gasteiger partial charge in [-0.3, -0.25) is 9.59 Å². The van der Waals surface area contributed by atoms with E-state index in [0.717, 1.165) is 4.31 Å². The molecule has 0 radical (unpaired) electrons. The van der Waals surface area contributed by atoms with Crippen LogP contribution in [-0.4, -0.2) is 50.8 Å². The van der Waals surface area contributed by atoms with E-state index in [9.17, 15) is 26.8 Å². The Bertz CT molecular complexity index is 1140. The van der Waals surface area contributed by atoms with Gasteiger partial charge in [-0.1, -0.05) is 18.2 Å². The van der Waals surface area contributed by atoms with E-state index in [1.807, 2.05) is 0 Å². The third-order valence-electron chi connectivity index (χ3n) is 5.42. The minimum absolute atomic E-state index is 0.0171. The first kappa shape index (κ1) is 25.6. The van der Waals surface area contributed by atoms with Crippen LogP contribution in [0.1, 0.15) is 42.1 Å². The summed E-state index contributed by atoms with van der Waals surface area (Å²) < 4.78 is 67.3. The summed E-state index contributed by atoms with van der Waals surface area (Å²) in [6, 6.07) is 8.67. The number of halogens is 2. The van der Waals surface area contributed by atoms with Gasteiger partial charge in [-0.15, -0.1) is 0 Å². The van der Waals surface area contributed by atoms with E-state index >= 15 is 0 Å². The maximum atomic E-state index is 13.2. The molecule has 8 nitrogen and oxygen atoms in total. The molecule has 1 heterocycles. The fourth-order valence-electron chi connectivity index (χ4n) is 3.67. The number of benzene rings is 2. The van der Waals surface area contributed by atoms with Crippen LogP contribution < -0.4 is 9.47 Å². The van der Waals surface area contributed by atoms with Crippen molar-refractivity contribution in [3.05, 3.63) is 53.6 Å². The number of alkyl halides is 2. The van der Waals surface area contributed by atoms with Gasteiger partial charge < -0.3 is 14.2 Å². The van der Waals surface area contributed by atoms with E-state index in [1.165, 1.54) is 56.5 Å². The van der Waals surface area contributed by atoms with Gasteiger partial charge in [0.2, 0.25) is 10.0 Å². The first-order valence-corrected chi connectivity index (χ1v) is 12.0. The molecular formula is C23H25F2NO7S. The number of carbonyl (C=O) groups is 2. The number of carbonyl (C=O) groups excluding carboxylic acids is 2. The number of piperidine rings is 1. The first-order valence-electron chi connectivity index (χ1n) is 10.5. The Morgan fingerprint density at radius 2 is 1.79 bits per heavy atom. The number of ketones is 1. The molecule has 184 valence electrons. The monoisotopic (exact) mass is 497 g/mol. The molecule has 0 spiro atoms. The quantitative estimate of drug-likeness (QED) is 0.384. The number of Topliss-reactive ketones (excluding diaryl/α,β-unsaturated/α-hetero) is 1. The van der Waals surface area contributed by atoms with Crippen LogP contribution >= 0.6 is 0 Å². The maximum Gasteiger partial charge on any atom is 0.387 e. The molecule has 0 N–H and O–H groups in total. The summed E-state index contributed by atoms with van der Waals surface area (Å²) in [4.78, 5) is 24.3. The van der Waals surface area contributed by atoms with E-state index in [2.05, 4.69) is 4.74 Å². The molecule has 1 aliphatic heterocycles. The van der Waals surface area contributed by atoms with Crippen LogP contribution in [0.3, 0.4) is 0 Å². The predicted molar refractivity (Wildman–Crippen MR) is 117 cm³/mol. The van der Waals surface area contributed by atoms with Crippen molar-refractivity contribution in [1.82, 2.24) is 4.31 Å². The highest BCUT2D eigenvalue weighted by Crippen LogP contribution is 2.30. The van der Waals surface area contributed by atoms with Crippen molar-refractivity contribution >= 4 is 21.8 Å². The van der Waals surface area contributed by atoms with Gasteiger partial charge in [0.1, 0.15) is 12.6 Å². The normalized spacial score (nSPS) is 16.8. The number of ether oxygens (including phenoxy) is 3. The molecule has 0 saturated carbocycles. The highest BCUT2D eigenvalue weighted by Gasteiger charge is 2.38. The Hall–Kier alpha value is -3.05. The lowest BCUT2D eigenvalue weighted by Gasteiger charge is -2.33. The van der Waals surface area contributed by atoms with Gasteiger partial charge in [-0.05, 0) is 56.0 Å². The second kappa shape index (κ2) is 10.9. The molecule has 0 bridgehead atoms. The van der Waals surface area contributed by atoms with Gasteiger partial charge in [0.05, 0.1) is 12.0 Å². The topological polar surface area (TPSA) is 99.2 Å². The Morgan fingerprint density at radius 3 is 2.41 bits per heavy atom. The number of hydrogen-bond donors (Lipinski definition) is 0. The zero-order chi connectivity index (χ0) is 24.9. The second-order valence-electron chi connectivity index (χ2n) is 7.68. The SMILES string of the molecule is COc1cc(COC(=O)C2CCCCN2S(=O)(=O)c2ccc(C(C)=O)cc2)ccc1OC(F)F. The Labute approximate surface area is 196 Å². The van der Waals surface area contributed by atoms with Gasteiger partial charge >= 0.3 is 12.6 Å². The lowest BCUT2D eigenvalue weighted by molar-refractivity contribution is -0.150. The Balaban J connectivity index is 1.73. The van der Waals surface area contributed by atoms with Gasteiger partial charge in [0.15, 0.2) is 17.3 Å². The van der Waals surface area contributed by atoms with Crippen molar-refractivity contribution in [3.8, 4) is 11.5 Å². The van der Waals surface area contributed by atoms with Crippen molar-refractivity contribution in [3.63, 3.8) is 0 Å². The van der Waals surface area contributed by atoms with E-state index in [-0.39, 0.29) is 35.3 Å². The predicted octanol–water partition coefficient (Wildman–Crippen LogP) is 3.79. The van der Waals surface area contributed by atoms with E-state index < -0.39 is 28.6 Å². The van der Waals surface area contributed by atoms with Gasteiger partial charge in [-0.2, -0.15) is 13.1 Å². The Kier molecular flexibility index (Phi) is 8.21. The first-order chi connectivity index (χ1) is 16.1. The molecule has 11 heteroatoms. The summed E-state index contributed by atoms with van der Waals surface area (Å²) >= 11 is 0. The average molecular weight is 498 g/mol. The number of sulfonamides is 1. The van der Waals surface area contributed by atoms with E-state index in [4.69, 9.17) is 9.47 Å². The average Bonchev–Trinajstić information content (AvgIpc) is 2.82. The maximum absolute atomic E-state index is 13.2. The van der Waals surface area contributed by atoms with Crippen LogP contribution in [0.5, 0.6) is 11.5 Å². The number of rotatable bonds is 9. The Morgan fingerprint density at radius 1 is 1.09 bits per heavy atom. The van der Waals surface area contributed by atoms with Gasteiger partial charge in [0, 0.05) is 12.1 Å². The highest BCUT2D eigenvalue weighted by molar-refractivity contribution is 7.89. The van der Waals surface area contributed by atoms with Crippen molar-refractivity contribution in [2.45, 2.75) is 50.3 Å². The third-order valence-corrected chi connectivity index (χ3v) is 7.34. The number of methoxy groups -OCH3 is 1. The number of hydrogen-bond acceptors (Lipinski definition) is 7. The highest BCUT2D eigenvalue weighted by atomic mass is 32.2. The van der Waals surface area contributed by atoms with Crippen molar-refractivity contribution in [2.24, 2.45) is 0 Å². The van der Waals surface area contributed by atoms with Crippen molar-refractivity contribution in [1.29, 1.82) is 0 Å². The molecule has 1 unspecified atom stereocenters. The summed E-state index contributed by atoms with van der Waals surface area (Å²) in [7, 11) is -2.71. The van der Waals surface area contributed by atoms with Gasteiger partial charge in [-0.25, -0.2) is 8.42 Å². The smallest absolute Gasteiger partial charge is 0.387 e. The minimum atomic E-state index is -4.00. The van der Waals surface area contributed by atoms with E-state index in [1.54, 1.807) is 0 Å². The lowest BCUT2D eigenvalue weighted by atomic mass is 10.1. The largest absolute Gasteiger partial charge is 0.493 e. The van der Waals surface area contributed by atoms with Crippen molar-refractivity contribution in [2.75, 3.05) is 13.7 Å². The molecule has 1 aliphatic rings. The van der Waals surface area contributed by atoms with Crippen LogP contribution in [0.2, 0.25) is 0 Å². The molecule has 0 aliphatic carbocycles. The lowest BCUT2D eigenvalue weighted by Crippen LogP contribution is -2.48. The summed E-state index contributed by atoms with van der Waals surface area (Å²) in [5.41, 5.74) is 0.839. The van der Waals surface area contributed by atoms with Crippen LogP contribution in [0.4, 0.5) is 8.78 Å². The fraction of sp³-hybridized carbons (Fsp3) is 0.391. The molecular weight excluding hydrogens is 472 g/mol. The molecule has 2 aromatic carbocycles.